The summed E-state index contributed by atoms with van der Waals surface area (Å²) in [6, 6.07) is 24.1. The van der Waals surface area contributed by atoms with Gasteiger partial charge in [0.05, 0.1) is 6.26 Å². The van der Waals surface area contributed by atoms with Crippen LogP contribution in [-0.2, 0) is 6.42 Å². The lowest BCUT2D eigenvalue weighted by atomic mass is 9.96. The molecule has 3 aromatic rings. The third kappa shape index (κ3) is 5.15. The fourth-order valence-corrected chi connectivity index (χ4v) is 4.14. The Bertz CT molecular complexity index is 878. The number of hydrogen-bond donors (Lipinski definition) is 0. The molecule has 1 amide bonds. The number of anilines is 1. The Hall–Kier alpha value is -2.85. The zero-order chi connectivity index (χ0) is 19.9. The average Bonchev–Trinajstić information content (AvgIpc) is 3.32. The van der Waals surface area contributed by atoms with Crippen molar-refractivity contribution in [2.75, 3.05) is 31.1 Å². The molecule has 0 N–H and O–H groups in total. The summed E-state index contributed by atoms with van der Waals surface area (Å²) in [5.74, 6) is 0.784. The average molecular weight is 389 g/mol. The Kier molecular flexibility index (Phi) is 6.42. The SMILES string of the molecule is O=C(c1ccco1)N(CC1CCCN(CCc2ccccc2)C1)c1ccccc1. The highest BCUT2D eigenvalue weighted by atomic mass is 16.3. The Morgan fingerprint density at radius 2 is 1.76 bits per heavy atom. The highest BCUT2D eigenvalue weighted by Gasteiger charge is 2.26. The normalized spacial score (nSPS) is 17.2. The number of hydrogen-bond acceptors (Lipinski definition) is 3. The lowest BCUT2D eigenvalue weighted by Crippen LogP contribution is -2.43. The van der Waals surface area contributed by atoms with Crippen LogP contribution < -0.4 is 4.90 Å². The van der Waals surface area contributed by atoms with Crippen LogP contribution >= 0.6 is 0 Å². The molecule has 2 aromatic carbocycles. The molecule has 4 rings (SSSR count). The summed E-state index contributed by atoms with van der Waals surface area (Å²) in [7, 11) is 0. The molecule has 0 saturated carbocycles. The van der Waals surface area contributed by atoms with Crippen LogP contribution in [0.2, 0.25) is 0 Å². The Balaban J connectivity index is 1.42. The molecule has 2 heterocycles. The number of para-hydroxylation sites is 1. The van der Waals surface area contributed by atoms with E-state index in [0.717, 1.165) is 38.2 Å². The number of piperidine rings is 1. The van der Waals surface area contributed by atoms with Crippen LogP contribution in [0.3, 0.4) is 0 Å². The van der Waals surface area contributed by atoms with Gasteiger partial charge >= 0.3 is 0 Å². The molecule has 0 radical (unpaired) electrons. The van der Waals surface area contributed by atoms with E-state index >= 15 is 0 Å². The quantitative estimate of drug-likeness (QED) is 0.579. The molecule has 150 valence electrons. The van der Waals surface area contributed by atoms with Crippen LogP contribution in [0.1, 0.15) is 29.0 Å². The molecule has 1 fully saturated rings. The molecule has 29 heavy (non-hydrogen) atoms. The summed E-state index contributed by atoms with van der Waals surface area (Å²) in [6.07, 6.45) is 4.96. The number of carbonyl (C=O) groups excluding carboxylic acids is 1. The van der Waals surface area contributed by atoms with Crippen molar-refractivity contribution in [1.82, 2.24) is 4.90 Å². The van der Waals surface area contributed by atoms with Gasteiger partial charge in [-0.2, -0.15) is 0 Å². The van der Waals surface area contributed by atoms with Gasteiger partial charge in [0.2, 0.25) is 0 Å². The van der Waals surface area contributed by atoms with Gasteiger partial charge in [0.1, 0.15) is 0 Å². The van der Waals surface area contributed by atoms with E-state index in [2.05, 4.69) is 35.2 Å². The lowest BCUT2D eigenvalue weighted by Gasteiger charge is -2.35. The van der Waals surface area contributed by atoms with Crippen molar-refractivity contribution < 1.29 is 9.21 Å². The number of furan rings is 1. The fraction of sp³-hybridized carbons (Fsp3) is 0.320. The second-order valence-electron chi connectivity index (χ2n) is 7.77. The summed E-state index contributed by atoms with van der Waals surface area (Å²) in [4.78, 5) is 17.5. The third-order valence-corrected chi connectivity index (χ3v) is 5.65. The predicted molar refractivity (Wildman–Crippen MR) is 116 cm³/mol. The van der Waals surface area contributed by atoms with Crippen molar-refractivity contribution in [1.29, 1.82) is 0 Å². The van der Waals surface area contributed by atoms with Crippen molar-refractivity contribution >= 4 is 11.6 Å². The zero-order valence-electron chi connectivity index (χ0n) is 16.7. The topological polar surface area (TPSA) is 36.7 Å². The summed E-state index contributed by atoms with van der Waals surface area (Å²) < 4.78 is 5.39. The van der Waals surface area contributed by atoms with E-state index in [1.165, 1.54) is 12.0 Å². The molecular formula is C25H28N2O2. The van der Waals surface area contributed by atoms with E-state index in [1.54, 1.807) is 18.4 Å². The van der Waals surface area contributed by atoms with Crippen LogP contribution in [0.4, 0.5) is 5.69 Å². The second-order valence-corrected chi connectivity index (χ2v) is 7.77. The van der Waals surface area contributed by atoms with Crippen molar-refractivity contribution in [2.45, 2.75) is 19.3 Å². The maximum Gasteiger partial charge on any atom is 0.293 e. The van der Waals surface area contributed by atoms with E-state index < -0.39 is 0 Å². The molecular weight excluding hydrogens is 360 g/mol. The molecule has 4 heteroatoms. The molecule has 0 spiro atoms. The van der Waals surface area contributed by atoms with E-state index in [1.807, 2.05) is 35.2 Å². The largest absolute Gasteiger partial charge is 0.459 e. The van der Waals surface area contributed by atoms with Gasteiger partial charge in [0.25, 0.3) is 5.91 Å². The summed E-state index contributed by atoms with van der Waals surface area (Å²) in [5.41, 5.74) is 2.31. The van der Waals surface area contributed by atoms with Crippen molar-refractivity contribution in [3.63, 3.8) is 0 Å². The van der Waals surface area contributed by atoms with Crippen LogP contribution in [0, 0.1) is 5.92 Å². The number of nitrogens with zero attached hydrogens (tertiary/aromatic N) is 2. The van der Waals surface area contributed by atoms with Gasteiger partial charge in [-0.1, -0.05) is 48.5 Å². The van der Waals surface area contributed by atoms with Crippen LogP contribution in [0.5, 0.6) is 0 Å². The summed E-state index contributed by atoms with van der Waals surface area (Å²) in [5, 5.41) is 0. The monoisotopic (exact) mass is 388 g/mol. The Morgan fingerprint density at radius 3 is 2.48 bits per heavy atom. The fourth-order valence-electron chi connectivity index (χ4n) is 4.14. The molecule has 1 unspecified atom stereocenters. The predicted octanol–water partition coefficient (Wildman–Crippen LogP) is 4.88. The first-order chi connectivity index (χ1) is 14.3. The Morgan fingerprint density at radius 1 is 1.00 bits per heavy atom. The molecule has 1 atom stereocenters. The zero-order valence-corrected chi connectivity index (χ0v) is 16.7. The van der Waals surface area contributed by atoms with Gasteiger partial charge in [-0.3, -0.25) is 4.79 Å². The lowest BCUT2D eigenvalue weighted by molar-refractivity contribution is 0.0946. The van der Waals surface area contributed by atoms with Gasteiger partial charge in [0, 0.05) is 25.3 Å². The number of benzene rings is 2. The minimum absolute atomic E-state index is 0.0670. The van der Waals surface area contributed by atoms with Gasteiger partial charge in [-0.15, -0.1) is 0 Å². The smallest absolute Gasteiger partial charge is 0.293 e. The maximum atomic E-state index is 13.1. The minimum Gasteiger partial charge on any atom is -0.459 e. The van der Waals surface area contributed by atoms with Crippen molar-refractivity contribution in [3.05, 3.63) is 90.4 Å². The first kappa shape index (κ1) is 19.5. The number of carbonyl (C=O) groups is 1. The van der Waals surface area contributed by atoms with E-state index in [0.29, 0.717) is 18.2 Å². The molecule has 1 aromatic heterocycles. The van der Waals surface area contributed by atoms with Crippen LogP contribution in [0.25, 0.3) is 0 Å². The standard InChI is InChI=1S/C25H28N2O2/c28-25(24-14-8-18-29-24)27(23-12-5-2-6-13-23)20-22-11-7-16-26(19-22)17-15-21-9-3-1-4-10-21/h1-6,8-10,12-14,18,22H,7,11,15-17,19-20H2. The van der Waals surface area contributed by atoms with E-state index in [9.17, 15) is 4.79 Å². The summed E-state index contributed by atoms with van der Waals surface area (Å²) in [6.45, 7) is 3.95. The first-order valence-corrected chi connectivity index (χ1v) is 10.5. The molecule has 0 aliphatic carbocycles. The summed E-state index contributed by atoms with van der Waals surface area (Å²) >= 11 is 0. The number of amides is 1. The van der Waals surface area contributed by atoms with E-state index in [-0.39, 0.29) is 5.91 Å². The number of likely N-dealkylation sites (tertiary alicyclic amines) is 1. The second kappa shape index (κ2) is 9.57. The third-order valence-electron chi connectivity index (χ3n) is 5.65. The van der Waals surface area contributed by atoms with Gasteiger partial charge < -0.3 is 14.2 Å². The van der Waals surface area contributed by atoms with E-state index in [4.69, 9.17) is 4.42 Å². The van der Waals surface area contributed by atoms with Gasteiger partial charge in [-0.05, 0) is 61.6 Å². The van der Waals surface area contributed by atoms with Crippen LogP contribution in [0.15, 0.2) is 83.5 Å². The minimum atomic E-state index is -0.0670. The molecule has 4 nitrogen and oxygen atoms in total. The van der Waals surface area contributed by atoms with Gasteiger partial charge in [0.15, 0.2) is 5.76 Å². The molecule has 1 aliphatic heterocycles. The number of rotatable bonds is 7. The van der Waals surface area contributed by atoms with Crippen molar-refractivity contribution in [3.8, 4) is 0 Å². The molecule has 1 saturated heterocycles. The van der Waals surface area contributed by atoms with Crippen molar-refractivity contribution in [2.24, 2.45) is 5.92 Å². The first-order valence-electron chi connectivity index (χ1n) is 10.5. The van der Waals surface area contributed by atoms with Crippen LogP contribution in [-0.4, -0.2) is 37.0 Å². The Labute approximate surface area is 172 Å². The highest BCUT2D eigenvalue weighted by molar-refractivity contribution is 6.04. The van der Waals surface area contributed by atoms with Gasteiger partial charge in [-0.25, -0.2) is 0 Å². The molecule has 0 bridgehead atoms. The molecule has 1 aliphatic rings. The highest BCUT2D eigenvalue weighted by Crippen LogP contribution is 2.23. The maximum absolute atomic E-state index is 13.1.